The molecule has 102 valence electrons. The lowest BCUT2D eigenvalue weighted by molar-refractivity contribution is 0.122. The topological polar surface area (TPSA) is 3.24 Å². The first kappa shape index (κ1) is 15.0. The van der Waals surface area contributed by atoms with Gasteiger partial charge >= 0.3 is 0 Å². The quantitative estimate of drug-likeness (QED) is 0.674. The Morgan fingerprint density at radius 3 is 2.18 bits per heavy atom. The standard InChI is InChI=1S/C16H33N/c1-14(2)15-10-8-6-7-9-12-16(3,13-11-15)17(4)5/h14-15H,6-13H2,1-5H3. The SMILES string of the molecule is CC(C)C1CCCCCCC(C)(N(C)C)CC1. The van der Waals surface area contributed by atoms with Crippen molar-refractivity contribution < 1.29 is 0 Å². The molecule has 0 N–H and O–H groups in total. The molecule has 1 heteroatoms. The Morgan fingerprint density at radius 1 is 0.941 bits per heavy atom. The van der Waals surface area contributed by atoms with Crippen molar-refractivity contribution in [2.75, 3.05) is 14.1 Å². The van der Waals surface area contributed by atoms with Crippen molar-refractivity contribution in [3.05, 3.63) is 0 Å². The van der Waals surface area contributed by atoms with Crippen molar-refractivity contribution >= 4 is 0 Å². The second kappa shape index (κ2) is 6.78. The number of rotatable bonds is 2. The van der Waals surface area contributed by atoms with Crippen LogP contribution in [0.25, 0.3) is 0 Å². The molecule has 2 atom stereocenters. The summed E-state index contributed by atoms with van der Waals surface area (Å²) in [5.41, 5.74) is 0.435. The maximum absolute atomic E-state index is 2.46. The first-order chi connectivity index (χ1) is 7.96. The van der Waals surface area contributed by atoms with Crippen molar-refractivity contribution in [2.24, 2.45) is 11.8 Å². The second-order valence-electron chi connectivity index (χ2n) is 6.89. The fourth-order valence-corrected chi connectivity index (χ4v) is 3.15. The summed E-state index contributed by atoms with van der Waals surface area (Å²) in [6.45, 7) is 7.28. The summed E-state index contributed by atoms with van der Waals surface area (Å²) in [6, 6.07) is 0. The van der Waals surface area contributed by atoms with Crippen LogP contribution in [0.15, 0.2) is 0 Å². The molecule has 1 fully saturated rings. The minimum atomic E-state index is 0.435. The van der Waals surface area contributed by atoms with E-state index in [0.29, 0.717) is 5.54 Å². The van der Waals surface area contributed by atoms with E-state index in [-0.39, 0.29) is 0 Å². The molecule has 17 heavy (non-hydrogen) atoms. The largest absolute Gasteiger partial charge is 0.304 e. The smallest absolute Gasteiger partial charge is 0.0175 e. The van der Waals surface area contributed by atoms with Crippen molar-refractivity contribution in [3.63, 3.8) is 0 Å². The minimum absolute atomic E-state index is 0.435. The van der Waals surface area contributed by atoms with Gasteiger partial charge in [-0.05, 0) is 52.1 Å². The number of hydrogen-bond donors (Lipinski definition) is 0. The highest BCUT2D eigenvalue weighted by molar-refractivity contribution is 4.84. The predicted molar refractivity (Wildman–Crippen MR) is 77.4 cm³/mol. The lowest BCUT2D eigenvalue weighted by atomic mass is 9.79. The van der Waals surface area contributed by atoms with E-state index in [1.54, 1.807) is 0 Å². The predicted octanol–water partition coefficient (Wildman–Crippen LogP) is 4.71. The normalized spacial score (nSPS) is 33.0. The Labute approximate surface area is 109 Å². The lowest BCUT2D eigenvalue weighted by Gasteiger charge is -2.39. The van der Waals surface area contributed by atoms with Crippen LogP contribution in [0.2, 0.25) is 0 Å². The highest BCUT2D eigenvalue weighted by Crippen LogP contribution is 2.33. The molecular formula is C16H33N. The van der Waals surface area contributed by atoms with Crippen LogP contribution < -0.4 is 0 Å². The van der Waals surface area contributed by atoms with E-state index in [2.05, 4.69) is 39.8 Å². The molecule has 0 amide bonds. The second-order valence-corrected chi connectivity index (χ2v) is 6.89. The summed E-state index contributed by atoms with van der Waals surface area (Å²) < 4.78 is 0. The van der Waals surface area contributed by atoms with Gasteiger partial charge < -0.3 is 4.90 Å². The average molecular weight is 239 g/mol. The van der Waals surface area contributed by atoms with Crippen LogP contribution in [0.3, 0.4) is 0 Å². The first-order valence-electron chi connectivity index (χ1n) is 7.63. The summed E-state index contributed by atoms with van der Waals surface area (Å²) >= 11 is 0. The van der Waals surface area contributed by atoms with Gasteiger partial charge in [-0.15, -0.1) is 0 Å². The summed E-state index contributed by atoms with van der Waals surface area (Å²) in [4.78, 5) is 2.46. The van der Waals surface area contributed by atoms with Crippen LogP contribution in [-0.2, 0) is 0 Å². The molecule has 0 aromatic rings. The van der Waals surface area contributed by atoms with E-state index < -0.39 is 0 Å². The van der Waals surface area contributed by atoms with E-state index in [1.165, 1.54) is 51.4 Å². The highest BCUT2D eigenvalue weighted by atomic mass is 15.1. The Bertz CT molecular complexity index is 210. The molecule has 0 radical (unpaired) electrons. The zero-order chi connectivity index (χ0) is 12.9. The molecule has 0 aromatic carbocycles. The van der Waals surface area contributed by atoms with Crippen molar-refractivity contribution in [1.29, 1.82) is 0 Å². The highest BCUT2D eigenvalue weighted by Gasteiger charge is 2.28. The van der Waals surface area contributed by atoms with Gasteiger partial charge in [0.15, 0.2) is 0 Å². The van der Waals surface area contributed by atoms with Crippen molar-refractivity contribution in [3.8, 4) is 0 Å². The minimum Gasteiger partial charge on any atom is -0.304 e. The molecule has 0 aliphatic heterocycles. The van der Waals surface area contributed by atoms with Crippen LogP contribution in [0.1, 0.15) is 72.1 Å². The Kier molecular flexibility index (Phi) is 5.99. The molecule has 1 aliphatic carbocycles. The summed E-state index contributed by atoms with van der Waals surface area (Å²) in [5, 5.41) is 0. The molecule has 0 bridgehead atoms. The van der Waals surface area contributed by atoms with Gasteiger partial charge in [-0.1, -0.05) is 46.0 Å². The third kappa shape index (κ3) is 4.62. The molecule has 1 aliphatic rings. The molecule has 1 nitrogen and oxygen atoms in total. The third-order valence-corrected chi connectivity index (χ3v) is 5.12. The number of nitrogens with zero attached hydrogens (tertiary/aromatic N) is 1. The van der Waals surface area contributed by atoms with E-state index >= 15 is 0 Å². The van der Waals surface area contributed by atoms with Gasteiger partial charge in [0.1, 0.15) is 0 Å². The number of hydrogen-bond acceptors (Lipinski definition) is 1. The van der Waals surface area contributed by atoms with E-state index in [1.807, 2.05) is 0 Å². The Morgan fingerprint density at radius 2 is 1.59 bits per heavy atom. The van der Waals surface area contributed by atoms with E-state index in [9.17, 15) is 0 Å². The fraction of sp³-hybridized carbons (Fsp3) is 1.00. The maximum atomic E-state index is 2.46. The fourth-order valence-electron chi connectivity index (χ4n) is 3.15. The van der Waals surface area contributed by atoms with Crippen LogP contribution in [-0.4, -0.2) is 24.5 Å². The summed E-state index contributed by atoms with van der Waals surface area (Å²) in [5.74, 6) is 1.81. The molecule has 0 spiro atoms. The van der Waals surface area contributed by atoms with Gasteiger partial charge in [-0.3, -0.25) is 0 Å². The van der Waals surface area contributed by atoms with Crippen LogP contribution in [0.4, 0.5) is 0 Å². The Balaban J connectivity index is 2.63. The Hall–Kier alpha value is -0.0400. The van der Waals surface area contributed by atoms with Crippen LogP contribution >= 0.6 is 0 Å². The molecule has 0 saturated heterocycles. The lowest BCUT2D eigenvalue weighted by Crippen LogP contribution is -2.42. The van der Waals surface area contributed by atoms with Gasteiger partial charge in [0.2, 0.25) is 0 Å². The average Bonchev–Trinajstić information content (AvgIpc) is 2.26. The molecule has 1 saturated carbocycles. The van der Waals surface area contributed by atoms with Crippen LogP contribution in [0.5, 0.6) is 0 Å². The first-order valence-corrected chi connectivity index (χ1v) is 7.63. The summed E-state index contributed by atoms with van der Waals surface area (Å²) in [7, 11) is 4.52. The van der Waals surface area contributed by atoms with E-state index in [0.717, 1.165) is 11.8 Å². The van der Waals surface area contributed by atoms with Crippen molar-refractivity contribution in [1.82, 2.24) is 4.90 Å². The van der Waals surface area contributed by atoms with Crippen molar-refractivity contribution in [2.45, 2.75) is 77.7 Å². The van der Waals surface area contributed by atoms with Gasteiger partial charge in [-0.2, -0.15) is 0 Å². The van der Waals surface area contributed by atoms with E-state index in [4.69, 9.17) is 0 Å². The van der Waals surface area contributed by atoms with Gasteiger partial charge in [0.05, 0.1) is 0 Å². The third-order valence-electron chi connectivity index (χ3n) is 5.12. The summed E-state index contributed by atoms with van der Waals surface area (Å²) in [6.07, 6.45) is 11.4. The van der Waals surface area contributed by atoms with Crippen LogP contribution in [0, 0.1) is 11.8 Å². The zero-order valence-corrected chi connectivity index (χ0v) is 12.8. The molecule has 1 rings (SSSR count). The zero-order valence-electron chi connectivity index (χ0n) is 12.8. The van der Waals surface area contributed by atoms with Gasteiger partial charge in [0.25, 0.3) is 0 Å². The van der Waals surface area contributed by atoms with Gasteiger partial charge in [0, 0.05) is 5.54 Å². The van der Waals surface area contributed by atoms with Gasteiger partial charge in [-0.25, -0.2) is 0 Å². The molecular weight excluding hydrogens is 206 g/mol. The molecule has 0 aromatic heterocycles. The maximum Gasteiger partial charge on any atom is 0.0175 e. The molecule has 0 heterocycles. The molecule has 2 unspecified atom stereocenters. The monoisotopic (exact) mass is 239 g/mol.